The SMILES string of the molecule is c1ccc(NCC[C@H](c2ccc(-c3ccccc3)cc2)c2ccccn2)cc1. The van der Waals surface area contributed by atoms with Gasteiger partial charge in [0, 0.05) is 30.0 Å². The second kappa shape index (κ2) is 9.01. The van der Waals surface area contributed by atoms with Gasteiger partial charge in [-0.2, -0.15) is 0 Å². The van der Waals surface area contributed by atoms with Crippen LogP contribution in [0, 0.1) is 0 Å². The van der Waals surface area contributed by atoms with Crippen molar-refractivity contribution in [2.24, 2.45) is 0 Å². The van der Waals surface area contributed by atoms with Crippen LogP contribution in [0.1, 0.15) is 23.6 Å². The lowest BCUT2D eigenvalue weighted by Crippen LogP contribution is -2.10. The monoisotopic (exact) mass is 364 g/mol. The predicted molar refractivity (Wildman–Crippen MR) is 118 cm³/mol. The van der Waals surface area contributed by atoms with Crippen molar-refractivity contribution in [3.8, 4) is 11.1 Å². The molecule has 0 fully saturated rings. The Labute approximate surface area is 166 Å². The van der Waals surface area contributed by atoms with Gasteiger partial charge in [0.1, 0.15) is 0 Å². The highest BCUT2D eigenvalue weighted by Gasteiger charge is 2.15. The number of anilines is 1. The molecule has 0 spiro atoms. The summed E-state index contributed by atoms with van der Waals surface area (Å²) < 4.78 is 0. The maximum absolute atomic E-state index is 4.63. The molecule has 0 aliphatic heterocycles. The quantitative estimate of drug-likeness (QED) is 0.411. The number of benzene rings is 3. The Hall–Kier alpha value is -3.39. The van der Waals surface area contributed by atoms with E-state index in [2.05, 4.69) is 101 Å². The molecule has 0 aliphatic carbocycles. The van der Waals surface area contributed by atoms with Crippen LogP contribution in [0.5, 0.6) is 0 Å². The molecular formula is C26H24N2. The van der Waals surface area contributed by atoms with Crippen molar-refractivity contribution >= 4 is 5.69 Å². The number of hydrogen-bond acceptors (Lipinski definition) is 2. The summed E-state index contributed by atoms with van der Waals surface area (Å²) in [7, 11) is 0. The highest BCUT2D eigenvalue weighted by Crippen LogP contribution is 2.29. The number of rotatable bonds is 7. The van der Waals surface area contributed by atoms with Gasteiger partial charge >= 0.3 is 0 Å². The summed E-state index contributed by atoms with van der Waals surface area (Å²) in [5.74, 6) is 0.266. The number of nitrogens with one attached hydrogen (secondary N) is 1. The fourth-order valence-electron chi connectivity index (χ4n) is 3.52. The molecule has 3 aromatic carbocycles. The zero-order chi connectivity index (χ0) is 19.0. The molecule has 4 rings (SSSR count). The smallest absolute Gasteiger partial charge is 0.0479 e. The van der Waals surface area contributed by atoms with Crippen molar-refractivity contribution in [1.29, 1.82) is 0 Å². The molecule has 0 bridgehead atoms. The average molecular weight is 364 g/mol. The minimum atomic E-state index is 0.266. The van der Waals surface area contributed by atoms with Crippen LogP contribution in [0.4, 0.5) is 5.69 Å². The van der Waals surface area contributed by atoms with Crippen LogP contribution in [0.3, 0.4) is 0 Å². The molecular weight excluding hydrogens is 340 g/mol. The van der Waals surface area contributed by atoms with E-state index < -0.39 is 0 Å². The molecule has 1 aromatic heterocycles. The summed E-state index contributed by atoms with van der Waals surface area (Å²) in [6.07, 6.45) is 2.86. The zero-order valence-electron chi connectivity index (χ0n) is 15.8. The topological polar surface area (TPSA) is 24.9 Å². The van der Waals surface area contributed by atoms with Crippen LogP contribution in [0.15, 0.2) is 109 Å². The molecule has 138 valence electrons. The Kier molecular flexibility index (Phi) is 5.79. The van der Waals surface area contributed by atoms with Gasteiger partial charge < -0.3 is 5.32 Å². The molecule has 0 aliphatic rings. The number of nitrogens with zero attached hydrogens (tertiary/aromatic N) is 1. The maximum Gasteiger partial charge on any atom is 0.0479 e. The largest absolute Gasteiger partial charge is 0.385 e. The molecule has 0 saturated heterocycles. The standard InChI is InChI=1S/C26H24N2/c1-3-9-21(10-4-1)22-14-16-23(17-15-22)25(26-13-7-8-19-28-26)18-20-27-24-11-5-2-6-12-24/h1-17,19,25,27H,18,20H2/t25-/m1/s1. The van der Waals surface area contributed by atoms with Crippen LogP contribution in [0.25, 0.3) is 11.1 Å². The van der Waals surface area contributed by atoms with E-state index in [1.807, 2.05) is 18.3 Å². The van der Waals surface area contributed by atoms with E-state index in [4.69, 9.17) is 0 Å². The van der Waals surface area contributed by atoms with Gasteiger partial charge in [-0.1, -0.05) is 78.9 Å². The third kappa shape index (κ3) is 4.47. The van der Waals surface area contributed by atoms with Crippen molar-refractivity contribution in [3.63, 3.8) is 0 Å². The normalized spacial score (nSPS) is 11.7. The second-order valence-electron chi connectivity index (χ2n) is 6.88. The summed E-state index contributed by atoms with van der Waals surface area (Å²) >= 11 is 0. The van der Waals surface area contributed by atoms with E-state index >= 15 is 0 Å². The molecule has 1 N–H and O–H groups in total. The molecule has 0 amide bonds. The minimum absolute atomic E-state index is 0.266. The molecule has 2 heteroatoms. The lowest BCUT2D eigenvalue weighted by atomic mass is 9.90. The molecule has 0 radical (unpaired) electrons. The Bertz CT molecular complexity index is 965. The summed E-state index contributed by atoms with van der Waals surface area (Å²) in [5.41, 5.74) is 6.06. The van der Waals surface area contributed by atoms with Gasteiger partial charge in [0.15, 0.2) is 0 Å². The molecule has 4 aromatic rings. The van der Waals surface area contributed by atoms with Crippen molar-refractivity contribution < 1.29 is 0 Å². The van der Waals surface area contributed by atoms with Crippen LogP contribution in [-0.4, -0.2) is 11.5 Å². The Morgan fingerprint density at radius 3 is 1.96 bits per heavy atom. The van der Waals surface area contributed by atoms with Gasteiger partial charge in [-0.3, -0.25) is 4.98 Å². The van der Waals surface area contributed by atoms with Crippen LogP contribution < -0.4 is 5.32 Å². The Morgan fingerprint density at radius 2 is 1.29 bits per heavy atom. The van der Waals surface area contributed by atoms with Gasteiger partial charge in [-0.25, -0.2) is 0 Å². The van der Waals surface area contributed by atoms with Crippen LogP contribution >= 0.6 is 0 Å². The van der Waals surface area contributed by atoms with E-state index in [1.165, 1.54) is 16.7 Å². The fraction of sp³-hybridized carbons (Fsp3) is 0.115. The summed E-state index contributed by atoms with van der Waals surface area (Å²) in [4.78, 5) is 4.63. The van der Waals surface area contributed by atoms with Gasteiger partial charge in [-0.05, 0) is 47.4 Å². The van der Waals surface area contributed by atoms with E-state index in [9.17, 15) is 0 Å². The molecule has 0 saturated carbocycles. The first kappa shape index (κ1) is 18.0. The number of hydrogen-bond donors (Lipinski definition) is 1. The van der Waals surface area contributed by atoms with Crippen LogP contribution in [-0.2, 0) is 0 Å². The van der Waals surface area contributed by atoms with Crippen molar-refractivity contribution in [2.45, 2.75) is 12.3 Å². The van der Waals surface area contributed by atoms with Gasteiger partial charge in [0.05, 0.1) is 0 Å². The van der Waals surface area contributed by atoms with Gasteiger partial charge in [0.2, 0.25) is 0 Å². The fourth-order valence-corrected chi connectivity index (χ4v) is 3.52. The third-order valence-corrected chi connectivity index (χ3v) is 5.00. The van der Waals surface area contributed by atoms with Crippen LogP contribution in [0.2, 0.25) is 0 Å². The Balaban J connectivity index is 1.53. The minimum Gasteiger partial charge on any atom is -0.385 e. The number of pyridine rings is 1. The second-order valence-corrected chi connectivity index (χ2v) is 6.88. The van der Waals surface area contributed by atoms with Gasteiger partial charge in [0.25, 0.3) is 0 Å². The maximum atomic E-state index is 4.63. The first-order valence-electron chi connectivity index (χ1n) is 9.75. The zero-order valence-corrected chi connectivity index (χ0v) is 15.8. The lowest BCUT2D eigenvalue weighted by molar-refractivity contribution is 0.722. The van der Waals surface area contributed by atoms with E-state index in [0.717, 1.165) is 24.3 Å². The Morgan fingerprint density at radius 1 is 0.643 bits per heavy atom. The molecule has 1 atom stereocenters. The highest BCUT2D eigenvalue weighted by atomic mass is 14.9. The highest BCUT2D eigenvalue weighted by molar-refractivity contribution is 5.63. The van der Waals surface area contributed by atoms with E-state index in [1.54, 1.807) is 0 Å². The summed E-state index contributed by atoms with van der Waals surface area (Å²) in [5, 5.41) is 3.52. The summed E-state index contributed by atoms with van der Waals surface area (Å²) in [6, 6.07) is 35.9. The average Bonchev–Trinajstić information content (AvgIpc) is 2.79. The number of aromatic nitrogens is 1. The summed E-state index contributed by atoms with van der Waals surface area (Å²) in [6.45, 7) is 0.895. The molecule has 2 nitrogen and oxygen atoms in total. The van der Waals surface area contributed by atoms with Crippen molar-refractivity contribution in [1.82, 2.24) is 4.98 Å². The van der Waals surface area contributed by atoms with E-state index in [0.29, 0.717) is 0 Å². The van der Waals surface area contributed by atoms with Gasteiger partial charge in [-0.15, -0.1) is 0 Å². The van der Waals surface area contributed by atoms with Crippen molar-refractivity contribution in [2.75, 3.05) is 11.9 Å². The molecule has 1 heterocycles. The van der Waals surface area contributed by atoms with E-state index in [-0.39, 0.29) is 5.92 Å². The lowest BCUT2D eigenvalue weighted by Gasteiger charge is -2.18. The third-order valence-electron chi connectivity index (χ3n) is 5.00. The predicted octanol–water partition coefficient (Wildman–Crippen LogP) is 6.38. The van der Waals surface area contributed by atoms with Crippen molar-refractivity contribution in [3.05, 3.63) is 121 Å². The first-order valence-corrected chi connectivity index (χ1v) is 9.75. The molecule has 28 heavy (non-hydrogen) atoms. The number of para-hydroxylation sites is 1. The molecule has 0 unspecified atom stereocenters. The first-order chi connectivity index (χ1) is 13.9.